The van der Waals surface area contributed by atoms with Crippen molar-refractivity contribution in [3.63, 3.8) is 0 Å². The molecular formula is C30H36ClN3O4S. The molecule has 1 aliphatic carbocycles. The summed E-state index contributed by atoms with van der Waals surface area (Å²) in [4.78, 5) is 33.7. The summed E-state index contributed by atoms with van der Waals surface area (Å²) in [6.07, 6.45) is 4.43. The van der Waals surface area contributed by atoms with Crippen molar-refractivity contribution in [1.29, 1.82) is 0 Å². The number of fused-ring (bicyclic) bond motifs is 1. The van der Waals surface area contributed by atoms with Gasteiger partial charge in [-0.15, -0.1) is 11.8 Å². The number of hydrogen-bond donors (Lipinski definition) is 0. The summed E-state index contributed by atoms with van der Waals surface area (Å²) in [5.41, 5.74) is 2.04. The molecule has 39 heavy (non-hydrogen) atoms. The lowest BCUT2D eigenvalue weighted by Gasteiger charge is -2.45. The van der Waals surface area contributed by atoms with Gasteiger partial charge >= 0.3 is 0 Å². The highest BCUT2D eigenvalue weighted by Crippen LogP contribution is 2.44. The van der Waals surface area contributed by atoms with E-state index in [9.17, 15) is 9.59 Å². The average Bonchev–Trinajstić information content (AvgIpc) is 2.96. The summed E-state index contributed by atoms with van der Waals surface area (Å²) < 4.78 is 11.1. The second-order valence-electron chi connectivity index (χ2n) is 10.3. The van der Waals surface area contributed by atoms with E-state index < -0.39 is 0 Å². The van der Waals surface area contributed by atoms with Crippen molar-refractivity contribution < 1.29 is 19.1 Å². The first-order valence-corrected chi connectivity index (χ1v) is 14.9. The van der Waals surface area contributed by atoms with Crippen LogP contribution in [0.4, 0.5) is 5.69 Å². The summed E-state index contributed by atoms with van der Waals surface area (Å²) in [7, 11) is 3.50. The number of thioether (sulfide) groups is 1. The van der Waals surface area contributed by atoms with Crippen LogP contribution in [0.5, 0.6) is 11.5 Å². The zero-order valence-electron chi connectivity index (χ0n) is 22.8. The van der Waals surface area contributed by atoms with E-state index in [1.165, 1.54) is 0 Å². The fourth-order valence-corrected chi connectivity index (χ4v) is 7.42. The highest BCUT2D eigenvalue weighted by Gasteiger charge is 2.43. The van der Waals surface area contributed by atoms with Gasteiger partial charge in [-0.25, -0.2) is 0 Å². The fraction of sp³-hybridized carbons (Fsp3) is 0.467. The number of nitrogens with zero attached hydrogens (tertiary/aromatic N) is 3. The Balaban J connectivity index is 1.20. The molecule has 5 rings (SSSR count). The Morgan fingerprint density at radius 1 is 1.08 bits per heavy atom. The second-order valence-corrected chi connectivity index (χ2v) is 12.0. The van der Waals surface area contributed by atoms with Crippen molar-refractivity contribution in [2.45, 2.75) is 37.5 Å². The predicted octanol–water partition coefficient (Wildman–Crippen LogP) is 5.18. The Hall–Kier alpha value is -2.84. The van der Waals surface area contributed by atoms with E-state index in [1.54, 1.807) is 18.9 Å². The van der Waals surface area contributed by atoms with Gasteiger partial charge in [0.05, 0.1) is 18.6 Å². The maximum atomic E-state index is 13.5. The second kappa shape index (κ2) is 12.1. The molecule has 3 aliphatic rings. The number of halogens is 1. The molecule has 0 aromatic heterocycles. The standard InChI is InChI=1S/C30H36ClN3O4S/c1-4-38-25-11-5-20(17-26(25)37-3)18-28-30(36)32(2)24-19-21(6-12-27(24)39-28)29(35)34-15-13-33(14-16-34)23-9-7-22(31)8-10-23/h5,7-11,17-18,21,24,27H,4,6,12-16,19H2,1-3H3/b28-18+. The molecule has 0 spiro atoms. The molecular weight excluding hydrogens is 534 g/mol. The smallest absolute Gasteiger partial charge is 0.260 e. The number of amides is 2. The number of rotatable bonds is 6. The largest absolute Gasteiger partial charge is 0.493 e. The Kier molecular flexibility index (Phi) is 8.62. The highest BCUT2D eigenvalue weighted by atomic mass is 35.5. The van der Waals surface area contributed by atoms with Crippen LogP contribution >= 0.6 is 23.4 Å². The average molecular weight is 570 g/mol. The van der Waals surface area contributed by atoms with Crippen LogP contribution in [0.2, 0.25) is 5.02 Å². The summed E-state index contributed by atoms with van der Waals surface area (Å²) in [5.74, 6) is 1.55. The number of piperazine rings is 1. The SMILES string of the molecule is CCOc1ccc(/C=C2/SC3CCC(C(=O)N4CCN(c5ccc(Cl)cc5)CC4)CC3N(C)C2=O)cc1OC. The highest BCUT2D eigenvalue weighted by molar-refractivity contribution is 8.04. The van der Waals surface area contributed by atoms with E-state index >= 15 is 0 Å². The number of hydrogen-bond acceptors (Lipinski definition) is 6. The van der Waals surface area contributed by atoms with E-state index in [0.717, 1.165) is 53.5 Å². The molecule has 7 nitrogen and oxygen atoms in total. The molecule has 3 fully saturated rings. The molecule has 2 amide bonds. The van der Waals surface area contributed by atoms with Crippen molar-refractivity contribution in [2.24, 2.45) is 5.92 Å². The predicted molar refractivity (Wildman–Crippen MR) is 158 cm³/mol. The Bertz CT molecular complexity index is 1230. The van der Waals surface area contributed by atoms with E-state index in [4.69, 9.17) is 21.1 Å². The number of methoxy groups -OCH3 is 1. The van der Waals surface area contributed by atoms with Crippen LogP contribution in [0.25, 0.3) is 6.08 Å². The molecule has 3 unspecified atom stereocenters. The van der Waals surface area contributed by atoms with Gasteiger partial charge in [0, 0.05) is 61.1 Å². The van der Waals surface area contributed by atoms with Gasteiger partial charge in [0.25, 0.3) is 5.91 Å². The van der Waals surface area contributed by atoms with Gasteiger partial charge in [0.2, 0.25) is 5.91 Å². The summed E-state index contributed by atoms with van der Waals surface area (Å²) in [5, 5.41) is 1.01. The van der Waals surface area contributed by atoms with Crippen LogP contribution in [0.3, 0.4) is 0 Å². The minimum Gasteiger partial charge on any atom is -0.493 e. The Morgan fingerprint density at radius 2 is 1.82 bits per heavy atom. The lowest BCUT2D eigenvalue weighted by atomic mass is 9.83. The normalized spacial score (nSPS) is 24.5. The molecule has 208 valence electrons. The van der Waals surface area contributed by atoms with Gasteiger partial charge in [-0.2, -0.15) is 0 Å². The molecule has 2 aliphatic heterocycles. The van der Waals surface area contributed by atoms with Gasteiger partial charge in [-0.05, 0) is 74.2 Å². The monoisotopic (exact) mass is 569 g/mol. The minimum atomic E-state index is -0.0370. The van der Waals surface area contributed by atoms with Gasteiger partial charge in [0.1, 0.15) is 0 Å². The van der Waals surface area contributed by atoms with E-state index in [2.05, 4.69) is 4.90 Å². The third kappa shape index (κ3) is 6.02. The first kappa shape index (κ1) is 27.7. The van der Waals surface area contributed by atoms with Crippen LogP contribution in [0.15, 0.2) is 47.4 Å². The van der Waals surface area contributed by atoms with Crippen molar-refractivity contribution in [1.82, 2.24) is 9.80 Å². The summed E-state index contributed by atoms with van der Waals surface area (Å²) in [6.45, 7) is 5.55. The van der Waals surface area contributed by atoms with Gasteiger partial charge in [0.15, 0.2) is 11.5 Å². The number of anilines is 1. The Morgan fingerprint density at radius 3 is 2.51 bits per heavy atom. The molecule has 1 saturated carbocycles. The molecule has 0 radical (unpaired) electrons. The molecule has 2 saturated heterocycles. The van der Waals surface area contributed by atoms with Crippen LogP contribution < -0.4 is 14.4 Å². The van der Waals surface area contributed by atoms with Gasteiger partial charge in [-0.3, -0.25) is 9.59 Å². The number of likely N-dealkylation sites (N-methyl/N-ethyl adjacent to an activating group) is 1. The quantitative estimate of drug-likeness (QED) is 0.447. The summed E-state index contributed by atoms with van der Waals surface area (Å²) >= 11 is 7.69. The zero-order chi connectivity index (χ0) is 27.5. The number of carbonyl (C=O) groups excluding carboxylic acids is 2. The molecule has 9 heteroatoms. The topological polar surface area (TPSA) is 62.3 Å². The third-order valence-electron chi connectivity index (χ3n) is 7.98. The molecule has 2 aromatic carbocycles. The van der Waals surface area contributed by atoms with E-state index in [-0.39, 0.29) is 29.0 Å². The van der Waals surface area contributed by atoms with E-state index in [1.807, 2.05) is 72.3 Å². The first-order valence-electron chi connectivity index (χ1n) is 13.6. The summed E-state index contributed by atoms with van der Waals surface area (Å²) in [6, 6.07) is 13.7. The molecule has 0 bridgehead atoms. The van der Waals surface area contributed by atoms with E-state index in [0.29, 0.717) is 31.2 Å². The first-order chi connectivity index (χ1) is 18.9. The number of carbonyl (C=O) groups is 2. The third-order valence-corrected chi connectivity index (χ3v) is 9.63. The van der Waals surface area contributed by atoms with Gasteiger partial charge < -0.3 is 24.2 Å². The van der Waals surface area contributed by atoms with Crippen LogP contribution in [0, 0.1) is 5.92 Å². The maximum Gasteiger partial charge on any atom is 0.260 e. The zero-order valence-corrected chi connectivity index (χ0v) is 24.3. The molecule has 0 N–H and O–H groups in total. The lowest BCUT2D eigenvalue weighted by Crippen LogP contribution is -2.55. The molecule has 2 aromatic rings. The maximum absolute atomic E-state index is 13.5. The fourth-order valence-electron chi connectivity index (χ4n) is 5.82. The molecule has 3 atom stereocenters. The van der Waals surface area contributed by atoms with Gasteiger partial charge in [-0.1, -0.05) is 17.7 Å². The van der Waals surface area contributed by atoms with Crippen molar-refractivity contribution >= 4 is 46.9 Å². The van der Waals surface area contributed by atoms with Crippen molar-refractivity contribution in [3.8, 4) is 11.5 Å². The minimum absolute atomic E-state index is 0.0128. The van der Waals surface area contributed by atoms with Crippen molar-refractivity contribution in [3.05, 3.63) is 58.0 Å². The van der Waals surface area contributed by atoms with Crippen LogP contribution in [-0.2, 0) is 9.59 Å². The van der Waals surface area contributed by atoms with Crippen molar-refractivity contribution in [2.75, 3.05) is 51.8 Å². The number of ether oxygens (including phenoxy) is 2. The lowest BCUT2D eigenvalue weighted by molar-refractivity contribution is -0.139. The number of benzene rings is 2. The molecule has 2 heterocycles. The van der Waals surface area contributed by atoms with Crippen LogP contribution in [0.1, 0.15) is 31.7 Å². The Labute approximate surface area is 240 Å². The van der Waals surface area contributed by atoms with Crippen LogP contribution in [-0.4, -0.2) is 79.8 Å².